The van der Waals surface area contributed by atoms with Crippen molar-refractivity contribution in [3.8, 4) is 5.75 Å². The monoisotopic (exact) mass is 828 g/mol. The number of fused-ring (bicyclic) bond motifs is 6. The summed E-state index contributed by atoms with van der Waals surface area (Å²) in [5.74, 6) is -1.98. The number of anilines is 1. The van der Waals surface area contributed by atoms with Crippen LogP contribution in [0.4, 0.5) is 5.69 Å². The van der Waals surface area contributed by atoms with Crippen LogP contribution in [0.1, 0.15) is 75.3 Å². The minimum atomic E-state index is -2.41. The molecule has 2 N–H and O–H groups in total. The molecule has 3 aromatic rings. The van der Waals surface area contributed by atoms with Crippen LogP contribution >= 0.6 is 11.6 Å². The van der Waals surface area contributed by atoms with E-state index in [1.165, 1.54) is 21.1 Å². The Kier molecular flexibility index (Phi) is 9.36. The van der Waals surface area contributed by atoms with Gasteiger partial charge in [0.2, 0.25) is 5.60 Å². The summed E-state index contributed by atoms with van der Waals surface area (Å²) in [7, 11) is 6.01. The molecule has 59 heavy (non-hydrogen) atoms. The number of ether oxygens (including phenoxy) is 4. The highest BCUT2D eigenvalue weighted by atomic mass is 35.5. The number of hydrogen-bond acceptors (Lipinski definition) is 12. The molecule has 9 atom stereocenters. The van der Waals surface area contributed by atoms with Gasteiger partial charge < -0.3 is 33.9 Å². The van der Waals surface area contributed by atoms with E-state index in [2.05, 4.69) is 27.8 Å². The maximum Gasteiger partial charge on any atom is 0.344 e. The number of methoxy groups -OCH3 is 3. The zero-order valence-corrected chi connectivity index (χ0v) is 35.5. The lowest BCUT2D eigenvalue weighted by molar-refractivity contribution is -0.240. The van der Waals surface area contributed by atoms with Crippen LogP contribution in [0.5, 0.6) is 5.75 Å². The largest absolute Gasteiger partial charge is 0.496 e. The summed E-state index contributed by atoms with van der Waals surface area (Å²) in [6.45, 7) is 7.87. The third kappa shape index (κ3) is 5.07. The van der Waals surface area contributed by atoms with Crippen molar-refractivity contribution in [3.63, 3.8) is 0 Å². The van der Waals surface area contributed by atoms with Crippen molar-refractivity contribution >= 4 is 51.9 Å². The number of H-pyrrole nitrogens is 1. The second-order valence-corrected chi connectivity index (χ2v) is 18.1. The molecule has 2 unspecified atom stereocenters. The van der Waals surface area contributed by atoms with E-state index in [9.17, 15) is 19.5 Å². The van der Waals surface area contributed by atoms with Gasteiger partial charge in [0.1, 0.15) is 16.9 Å². The highest BCUT2D eigenvalue weighted by molar-refractivity contribution is 6.30. The van der Waals surface area contributed by atoms with E-state index in [0.29, 0.717) is 55.2 Å². The molecule has 1 aromatic heterocycles. The third-order valence-electron chi connectivity index (χ3n) is 15.2. The van der Waals surface area contributed by atoms with Crippen LogP contribution in [0, 0.1) is 11.3 Å². The normalized spacial score (nSPS) is 34.6. The number of likely N-dealkylation sites (N-methyl/N-ethyl adjacent to an activating group) is 1. The molecule has 1 spiro atoms. The Morgan fingerprint density at radius 2 is 1.75 bits per heavy atom. The third-order valence-corrected chi connectivity index (χ3v) is 15.7. The lowest BCUT2D eigenvalue weighted by atomic mass is 9.46. The van der Waals surface area contributed by atoms with E-state index in [4.69, 9.17) is 30.5 Å². The highest BCUT2D eigenvalue weighted by Gasteiger charge is 2.81. The molecule has 14 heteroatoms. The topological polar surface area (TPSA) is 151 Å². The number of hydrogen-bond donors (Lipinski definition) is 2. The average molecular weight is 829 g/mol. The number of nitrogens with zero attached hydrogens (tertiary/aromatic N) is 3. The first kappa shape index (κ1) is 40.0. The zero-order valence-electron chi connectivity index (χ0n) is 34.8. The predicted octanol–water partition coefficient (Wildman–Crippen LogP) is 4.72. The van der Waals surface area contributed by atoms with Crippen molar-refractivity contribution in [3.05, 3.63) is 69.4 Å². The number of piperidine rings is 1. The molecular weight excluding hydrogens is 776 g/mol. The number of aliphatic hydroxyl groups is 1. The Labute approximate surface area is 348 Å². The average Bonchev–Trinajstić information content (AvgIpc) is 3.87. The second-order valence-electron chi connectivity index (χ2n) is 17.7. The quantitative estimate of drug-likeness (QED) is 0.251. The number of carbonyl (C=O) groups is 4. The molecule has 5 aliphatic heterocycles. The van der Waals surface area contributed by atoms with Gasteiger partial charge in [-0.3, -0.25) is 24.2 Å². The van der Waals surface area contributed by atoms with Crippen molar-refractivity contribution in [2.24, 2.45) is 11.3 Å². The van der Waals surface area contributed by atoms with Crippen LogP contribution in [-0.4, -0.2) is 122 Å². The summed E-state index contributed by atoms with van der Waals surface area (Å²) in [4.78, 5) is 66.6. The lowest BCUT2D eigenvalue weighted by Crippen LogP contribution is -2.82. The number of aromatic nitrogens is 1. The summed E-state index contributed by atoms with van der Waals surface area (Å²) in [5, 5.41) is 15.1. The molecule has 3 fully saturated rings. The smallest absolute Gasteiger partial charge is 0.344 e. The van der Waals surface area contributed by atoms with Gasteiger partial charge in [0.05, 0.1) is 33.9 Å². The van der Waals surface area contributed by atoms with Gasteiger partial charge >= 0.3 is 17.9 Å². The number of aromatic amines is 1. The van der Waals surface area contributed by atoms with Gasteiger partial charge in [0.15, 0.2) is 6.10 Å². The Hall–Kier alpha value is -4.43. The maximum atomic E-state index is 15.2. The summed E-state index contributed by atoms with van der Waals surface area (Å²) in [6.07, 6.45) is 0.401. The predicted molar refractivity (Wildman–Crippen MR) is 219 cm³/mol. The van der Waals surface area contributed by atoms with E-state index in [1.54, 1.807) is 7.11 Å². The Bertz CT molecular complexity index is 2340. The molecule has 6 heterocycles. The molecular formula is C45H53ClN4O9. The molecule has 2 bridgehead atoms. The van der Waals surface area contributed by atoms with Crippen LogP contribution in [0.3, 0.4) is 0 Å². The molecule has 2 saturated heterocycles. The molecule has 0 radical (unpaired) electrons. The van der Waals surface area contributed by atoms with Crippen LogP contribution in [0.15, 0.2) is 47.0 Å². The molecule has 1 saturated carbocycles. The van der Waals surface area contributed by atoms with Gasteiger partial charge in [-0.15, -0.1) is 0 Å². The van der Waals surface area contributed by atoms with E-state index < -0.39 is 57.9 Å². The SMILES string of the molecule is CCC1=C(Cl)C2CN(C1)Cc1c([nH]c3ccccc13)[C@@](C(=O)OC)(c1cc3c(cc1OC)N(C)[C@H]1[C@@](O)(C(=O)OC)[C@H](OC(C)=O)[C@]4(CC)CC(=O)CN5CC[C@]31[C@H]54)C2. The number of ketones is 1. The lowest BCUT2D eigenvalue weighted by Gasteiger charge is -2.64. The van der Waals surface area contributed by atoms with E-state index in [1.807, 2.05) is 49.2 Å². The molecule has 0 amide bonds. The van der Waals surface area contributed by atoms with Crippen molar-refractivity contribution in [2.45, 2.75) is 94.0 Å². The van der Waals surface area contributed by atoms with Gasteiger partial charge in [0.25, 0.3) is 0 Å². The number of esters is 3. The van der Waals surface area contributed by atoms with Crippen molar-refractivity contribution in [1.29, 1.82) is 0 Å². The number of Topliss-reactive ketones (excluding diaryl/α,β-unsaturated/α-hetero) is 1. The van der Waals surface area contributed by atoms with Crippen molar-refractivity contribution in [1.82, 2.24) is 14.8 Å². The van der Waals surface area contributed by atoms with E-state index in [0.717, 1.165) is 45.6 Å². The first-order chi connectivity index (χ1) is 28.2. The number of carbonyl (C=O) groups excluding carboxylic acids is 4. The minimum absolute atomic E-state index is 0.00819. The fraction of sp³-hybridized carbons (Fsp3) is 0.556. The fourth-order valence-electron chi connectivity index (χ4n) is 13.2. The van der Waals surface area contributed by atoms with Gasteiger partial charge in [-0.05, 0) is 61.1 Å². The van der Waals surface area contributed by atoms with Crippen LogP contribution in [0.25, 0.3) is 10.9 Å². The highest BCUT2D eigenvalue weighted by Crippen LogP contribution is 2.69. The Morgan fingerprint density at radius 3 is 2.42 bits per heavy atom. The molecule has 9 rings (SSSR count). The first-order valence-corrected chi connectivity index (χ1v) is 21.1. The summed E-state index contributed by atoms with van der Waals surface area (Å²) < 4.78 is 23.8. The maximum absolute atomic E-state index is 15.2. The molecule has 13 nitrogen and oxygen atoms in total. The van der Waals surface area contributed by atoms with Crippen molar-refractivity contribution < 1.29 is 43.2 Å². The summed E-state index contributed by atoms with van der Waals surface area (Å²) in [5.41, 5.74) is -0.319. The Morgan fingerprint density at radius 1 is 1.00 bits per heavy atom. The van der Waals surface area contributed by atoms with E-state index >= 15 is 4.79 Å². The van der Waals surface area contributed by atoms with Gasteiger partial charge in [-0.1, -0.05) is 43.6 Å². The second kappa shape index (κ2) is 13.8. The number of halogens is 1. The van der Waals surface area contributed by atoms with Gasteiger partial charge in [0, 0.05) is 102 Å². The Balaban J connectivity index is 1.38. The van der Waals surface area contributed by atoms with Crippen LogP contribution in [0.2, 0.25) is 0 Å². The number of benzene rings is 2. The van der Waals surface area contributed by atoms with Gasteiger partial charge in [-0.25, -0.2) is 4.79 Å². The fourth-order valence-corrected chi connectivity index (χ4v) is 13.5. The number of nitrogens with one attached hydrogen (secondary N) is 1. The van der Waals surface area contributed by atoms with Crippen molar-refractivity contribution in [2.75, 3.05) is 59.5 Å². The molecule has 2 aromatic carbocycles. The van der Waals surface area contributed by atoms with Crippen LogP contribution < -0.4 is 9.64 Å². The standard InChI is InChI=1S/C45H53ClN4O9/c1-8-25-20-49-21-26(35(25)46)18-44(40(53)57-6,36-29(23-49)28-12-10-11-13-32(28)47-36)31-16-30-33(17-34(31)56-5)48(4)38-43(30)14-15-50-22-27(52)19-42(9-2,37(43)50)39(59-24(3)51)45(38,55)41(54)58-7/h10-13,16-17,26,37-39,47,55H,8-9,14-15,18-23H2,1-7H3/t26?,37-,38-,39-,42-,43-,44+,45+/m1/s1. The van der Waals surface area contributed by atoms with Gasteiger partial charge in [-0.2, -0.15) is 0 Å². The van der Waals surface area contributed by atoms with E-state index in [-0.39, 0.29) is 31.1 Å². The zero-order chi connectivity index (χ0) is 42.0. The van der Waals surface area contributed by atoms with Crippen LogP contribution in [-0.2, 0) is 50.8 Å². The summed E-state index contributed by atoms with van der Waals surface area (Å²) >= 11 is 7.33. The summed E-state index contributed by atoms with van der Waals surface area (Å²) in [6, 6.07) is 10.6. The molecule has 314 valence electrons. The molecule has 1 aliphatic carbocycles. The first-order valence-electron chi connectivity index (χ1n) is 20.7. The molecule has 6 aliphatic rings. The number of rotatable bonds is 7. The number of para-hydroxylation sites is 1. The minimum Gasteiger partial charge on any atom is -0.496 e.